The molecule has 0 fully saturated rings. The van der Waals surface area contributed by atoms with Gasteiger partial charge in [-0.3, -0.25) is 0 Å². The van der Waals surface area contributed by atoms with Crippen LogP contribution in [-0.2, 0) is 0 Å². The predicted molar refractivity (Wildman–Crippen MR) is 63.4 cm³/mol. The van der Waals surface area contributed by atoms with Gasteiger partial charge in [-0.15, -0.1) is 11.8 Å². The van der Waals surface area contributed by atoms with Crippen LogP contribution in [0.5, 0.6) is 0 Å². The maximum atomic E-state index is 13.2. The van der Waals surface area contributed by atoms with E-state index in [-0.39, 0.29) is 6.54 Å². The van der Waals surface area contributed by atoms with Gasteiger partial charge in [0.2, 0.25) is 0 Å². The average molecular weight is 278 g/mol. The minimum atomic E-state index is -1.06. The Hall–Kier alpha value is -0.0600. The Bertz CT molecular complexity index is 306. The number of rotatable bonds is 4. The van der Waals surface area contributed by atoms with E-state index in [4.69, 9.17) is 5.73 Å². The van der Waals surface area contributed by atoms with E-state index < -0.39 is 6.17 Å². The van der Waals surface area contributed by atoms with Crippen molar-refractivity contribution in [2.45, 2.75) is 18.0 Å². The van der Waals surface area contributed by atoms with Crippen molar-refractivity contribution in [1.29, 1.82) is 0 Å². The summed E-state index contributed by atoms with van der Waals surface area (Å²) in [6.07, 6.45) is -1.06. The third-order valence-electron chi connectivity index (χ3n) is 1.82. The van der Waals surface area contributed by atoms with Crippen LogP contribution in [0.1, 0.15) is 18.7 Å². The summed E-state index contributed by atoms with van der Waals surface area (Å²) < 4.78 is 14.2. The molecule has 2 N–H and O–H groups in total. The highest BCUT2D eigenvalue weighted by Crippen LogP contribution is 2.30. The second-order valence-electron chi connectivity index (χ2n) is 2.83. The number of benzene rings is 1. The van der Waals surface area contributed by atoms with E-state index in [1.54, 1.807) is 23.9 Å². The smallest absolute Gasteiger partial charge is 0.137 e. The first-order valence-corrected chi connectivity index (χ1v) is 6.23. The van der Waals surface area contributed by atoms with Crippen LogP contribution in [0.25, 0.3) is 0 Å². The molecular weight excluding hydrogens is 265 g/mol. The van der Waals surface area contributed by atoms with Crippen LogP contribution in [0.2, 0.25) is 0 Å². The highest BCUT2D eigenvalue weighted by atomic mass is 79.9. The molecule has 0 radical (unpaired) electrons. The molecule has 4 heteroatoms. The zero-order valence-electron chi connectivity index (χ0n) is 7.97. The molecule has 0 aromatic heterocycles. The van der Waals surface area contributed by atoms with Gasteiger partial charge in [0.05, 0.1) is 0 Å². The maximum absolute atomic E-state index is 13.2. The average Bonchev–Trinajstić information content (AvgIpc) is 2.20. The molecule has 1 atom stereocenters. The van der Waals surface area contributed by atoms with Gasteiger partial charge < -0.3 is 5.73 Å². The first kappa shape index (κ1) is 12.0. The van der Waals surface area contributed by atoms with Crippen molar-refractivity contribution in [3.05, 3.63) is 28.2 Å². The second-order valence-corrected chi connectivity index (χ2v) is 4.99. The van der Waals surface area contributed by atoms with Crippen LogP contribution in [0.15, 0.2) is 27.6 Å². The van der Waals surface area contributed by atoms with Gasteiger partial charge in [-0.2, -0.15) is 0 Å². The fourth-order valence-corrected chi connectivity index (χ4v) is 2.53. The van der Waals surface area contributed by atoms with Crippen molar-refractivity contribution >= 4 is 27.7 Å². The zero-order chi connectivity index (χ0) is 10.6. The summed E-state index contributed by atoms with van der Waals surface area (Å²) in [5, 5.41) is 0. The fourth-order valence-electron chi connectivity index (χ4n) is 1.12. The summed E-state index contributed by atoms with van der Waals surface area (Å²) in [4.78, 5) is 1.14. The van der Waals surface area contributed by atoms with Crippen LogP contribution >= 0.6 is 27.7 Å². The largest absolute Gasteiger partial charge is 0.327 e. The molecule has 0 aliphatic heterocycles. The standard InChI is InChI=1S/C10H13BrFNS/c1-2-14-10-4-3-7(5-8(10)11)9(12)6-13/h3-5,9H,2,6,13H2,1H3. The highest BCUT2D eigenvalue weighted by Gasteiger charge is 2.09. The van der Waals surface area contributed by atoms with Gasteiger partial charge in [-0.05, 0) is 39.4 Å². The van der Waals surface area contributed by atoms with Gasteiger partial charge >= 0.3 is 0 Å². The Morgan fingerprint density at radius 3 is 2.79 bits per heavy atom. The summed E-state index contributed by atoms with van der Waals surface area (Å²) >= 11 is 5.15. The molecule has 0 bridgehead atoms. The quantitative estimate of drug-likeness (QED) is 0.853. The third-order valence-corrected chi connectivity index (χ3v) is 3.70. The maximum Gasteiger partial charge on any atom is 0.137 e. The Balaban J connectivity index is 2.88. The molecule has 0 aliphatic carbocycles. The fraction of sp³-hybridized carbons (Fsp3) is 0.400. The van der Waals surface area contributed by atoms with Crippen molar-refractivity contribution in [3.63, 3.8) is 0 Å². The van der Waals surface area contributed by atoms with Gasteiger partial charge in [-0.1, -0.05) is 13.0 Å². The number of alkyl halides is 1. The van der Waals surface area contributed by atoms with E-state index >= 15 is 0 Å². The highest BCUT2D eigenvalue weighted by molar-refractivity contribution is 9.10. The molecular formula is C10H13BrFNS. The summed E-state index contributed by atoms with van der Waals surface area (Å²) in [7, 11) is 0. The van der Waals surface area contributed by atoms with Crippen molar-refractivity contribution in [3.8, 4) is 0 Å². The molecule has 1 nitrogen and oxygen atoms in total. The molecule has 1 aromatic carbocycles. The van der Waals surface area contributed by atoms with E-state index in [1.165, 1.54) is 0 Å². The number of nitrogens with two attached hydrogens (primary N) is 1. The van der Waals surface area contributed by atoms with Crippen molar-refractivity contribution in [2.24, 2.45) is 5.73 Å². The summed E-state index contributed by atoms with van der Waals surface area (Å²) in [5.74, 6) is 1.01. The van der Waals surface area contributed by atoms with E-state index in [0.29, 0.717) is 5.56 Å². The number of hydrogen-bond donors (Lipinski definition) is 1. The monoisotopic (exact) mass is 277 g/mol. The molecule has 0 saturated heterocycles. The second kappa shape index (κ2) is 5.73. The normalized spacial score (nSPS) is 12.9. The molecule has 0 amide bonds. The van der Waals surface area contributed by atoms with Crippen molar-refractivity contribution in [2.75, 3.05) is 12.3 Å². The Kier molecular flexibility index (Phi) is 4.92. The van der Waals surface area contributed by atoms with E-state index in [0.717, 1.165) is 15.1 Å². The van der Waals surface area contributed by atoms with Gasteiger partial charge in [0.1, 0.15) is 6.17 Å². The minimum absolute atomic E-state index is 0.0344. The van der Waals surface area contributed by atoms with Gasteiger partial charge in [-0.25, -0.2) is 4.39 Å². The lowest BCUT2D eigenvalue weighted by Gasteiger charge is -2.08. The molecule has 1 unspecified atom stereocenters. The number of hydrogen-bond acceptors (Lipinski definition) is 2. The molecule has 0 aliphatic rings. The van der Waals surface area contributed by atoms with Gasteiger partial charge in [0, 0.05) is 15.9 Å². The lowest BCUT2D eigenvalue weighted by Crippen LogP contribution is -2.07. The minimum Gasteiger partial charge on any atom is -0.327 e. The van der Waals surface area contributed by atoms with Crippen LogP contribution in [0, 0.1) is 0 Å². The Labute approximate surface area is 96.4 Å². The van der Waals surface area contributed by atoms with Crippen molar-refractivity contribution in [1.82, 2.24) is 0 Å². The SMILES string of the molecule is CCSc1ccc(C(F)CN)cc1Br. The van der Waals surface area contributed by atoms with E-state index in [2.05, 4.69) is 22.9 Å². The first-order valence-electron chi connectivity index (χ1n) is 4.45. The number of thioether (sulfide) groups is 1. The number of halogens is 2. The van der Waals surface area contributed by atoms with Crippen LogP contribution in [0.4, 0.5) is 4.39 Å². The summed E-state index contributed by atoms with van der Waals surface area (Å²) in [6, 6.07) is 5.52. The molecule has 1 aromatic rings. The van der Waals surface area contributed by atoms with Gasteiger partial charge in [0.25, 0.3) is 0 Å². The van der Waals surface area contributed by atoms with Gasteiger partial charge in [0.15, 0.2) is 0 Å². The summed E-state index contributed by atoms with van der Waals surface area (Å²) in [5.41, 5.74) is 5.89. The molecule has 1 rings (SSSR count). The first-order chi connectivity index (χ1) is 6.69. The van der Waals surface area contributed by atoms with Crippen molar-refractivity contribution < 1.29 is 4.39 Å². The topological polar surface area (TPSA) is 26.0 Å². The molecule has 78 valence electrons. The Morgan fingerprint density at radius 2 is 2.29 bits per heavy atom. The molecule has 0 spiro atoms. The van der Waals surface area contributed by atoms with Crippen LogP contribution in [0.3, 0.4) is 0 Å². The van der Waals surface area contributed by atoms with E-state index in [9.17, 15) is 4.39 Å². The molecule has 0 saturated carbocycles. The van der Waals surface area contributed by atoms with E-state index in [1.807, 2.05) is 6.07 Å². The third kappa shape index (κ3) is 2.97. The lowest BCUT2D eigenvalue weighted by molar-refractivity contribution is 0.352. The molecule has 14 heavy (non-hydrogen) atoms. The Morgan fingerprint density at radius 1 is 1.57 bits per heavy atom. The zero-order valence-corrected chi connectivity index (χ0v) is 10.4. The van der Waals surface area contributed by atoms with Crippen LogP contribution in [-0.4, -0.2) is 12.3 Å². The molecule has 0 heterocycles. The summed E-state index contributed by atoms with van der Waals surface area (Å²) in [6.45, 7) is 2.12. The lowest BCUT2D eigenvalue weighted by atomic mass is 10.1. The predicted octanol–water partition coefficient (Wildman–Crippen LogP) is 3.53. The van der Waals surface area contributed by atoms with Crippen LogP contribution < -0.4 is 5.73 Å².